The number of aromatic nitrogens is 4. The molecular formula is C11H14ClN5O2. The van der Waals surface area contributed by atoms with Crippen LogP contribution in [0.4, 0.5) is 5.82 Å². The number of nitrogens with one attached hydrogen (secondary N) is 1. The summed E-state index contributed by atoms with van der Waals surface area (Å²) in [7, 11) is 1.70. The number of fused-ring (bicyclic) bond motifs is 1. The van der Waals surface area contributed by atoms with E-state index in [2.05, 4.69) is 20.4 Å². The van der Waals surface area contributed by atoms with Crippen LogP contribution in [0.3, 0.4) is 0 Å². The predicted octanol–water partition coefficient (Wildman–Crippen LogP) is 0.995. The van der Waals surface area contributed by atoms with Gasteiger partial charge in [-0.1, -0.05) is 11.6 Å². The van der Waals surface area contributed by atoms with E-state index in [1.54, 1.807) is 17.7 Å². The van der Waals surface area contributed by atoms with Crippen LogP contribution < -0.4 is 5.32 Å². The molecule has 1 aliphatic rings. The summed E-state index contributed by atoms with van der Waals surface area (Å²) in [5.41, 5.74) is -0.303. The number of methoxy groups -OCH3 is 1. The Hall–Kier alpha value is -1.44. The second kappa shape index (κ2) is 4.92. The molecule has 2 aromatic rings. The van der Waals surface area contributed by atoms with Gasteiger partial charge in [-0.05, 0) is 0 Å². The SMILES string of the molecule is COC1(CNc2cc(Cl)nc3ncnn23)CCOC1. The van der Waals surface area contributed by atoms with Crippen molar-refractivity contribution >= 4 is 23.2 Å². The third-order valence-electron chi connectivity index (χ3n) is 3.31. The number of anilines is 1. The Morgan fingerprint density at radius 2 is 2.53 bits per heavy atom. The first kappa shape index (κ1) is 12.6. The molecule has 1 unspecified atom stereocenters. The van der Waals surface area contributed by atoms with Crippen LogP contribution in [0.1, 0.15) is 6.42 Å². The monoisotopic (exact) mass is 283 g/mol. The third-order valence-corrected chi connectivity index (χ3v) is 3.51. The molecule has 1 fully saturated rings. The Balaban J connectivity index is 1.83. The minimum absolute atomic E-state index is 0.303. The molecule has 0 saturated carbocycles. The standard InChI is InChI=1S/C11H14ClN5O2/c1-18-11(2-3-19-6-11)5-13-9-4-8(12)16-10-14-7-15-17(9)10/h4,7,13H,2-3,5-6H2,1H3. The molecule has 0 radical (unpaired) electrons. The Labute approximate surface area is 114 Å². The van der Waals surface area contributed by atoms with Crippen LogP contribution in [0, 0.1) is 0 Å². The number of ether oxygens (including phenoxy) is 2. The topological polar surface area (TPSA) is 73.6 Å². The molecule has 0 bridgehead atoms. The van der Waals surface area contributed by atoms with Crippen molar-refractivity contribution in [2.75, 3.05) is 32.2 Å². The molecule has 0 spiro atoms. The van der Waals surface area contributed by atoms with Gasteiger partial charge in [0.05, 0.1) is 6.61 Å². The van der Waals surface area contributed by atoms with Crippen LogP contribution in [0.5, 0.6) is 0 Å². The summed E-state index contributed by atoms with van der Waals surface area (Å²) < 4.78 is 12.6. The normalized spacial score (nSPS) is 23.1. The molecule has 0 amide bonds. The fourth-order valence-electron chi connectivity index (χ4n) is 2.12. The summed E-state index contributed by atoms with van der Waals surface area (Å²) in [6.07, 6.45) is 2.30. The minimum Gasteiger partial charge on any atom is -0.378 e. The van der Waals surface area contributed by atoms with Crippen molar-refractivity contribution < 1.29 is 9.47 Å². The van der Waals surface area contributed by atoms with Crippen molar-refractivity contribution in [2.24, 2.45) is 0 Å². The second-order valence-electron chi connectivity index (χ2n) is 4.48. The molecule has 102 valence electrons. The smallest absolute Gasteiger partial charge is 0.255 e. The summed E-state index contributed by atoms with van der Waals surface area (Å²) >= 11 is 5.96. The summed E-state index contributed by atoms with van der Waals surface area (Å²) in [4.78, 5) is 8.09. The highest BCUT2D eigenvalue weighted by Gasteiger charge is 2.34. The number of hydrogen-bond acceptors (Lipinski definition) is 6. The zero-order valence-corrected chi connectivity index (χ0v) is 11.2. The zero-order chi connectivity index (χ0) is 13.3. The minimum atomic E-state index is -0.303. The van der Waals surface area contributed by atoms with E-state index < -0.39 is 0 Å². The van der Waals surface area contributed by atoms with Gasteiger partial charge in [0.2, 0.25) is 0 Å². The fraction of sp³-hybridized carbons (Fsp3) is 0.545. The lowest BCUT2D eigenvalue weighted by molar-refractivity contribution is -0.00627. The van der Waals surface area contributed by atoms with Crippen molar-refractivity contribution in [1.29, 1.82) is 0 Å². The summed E-state index contributed by atoms with van der Waals surface area (Å²) in [5.74, 6) is 1.19. The van der Waals surface area contributed by atoms with E-state index >= 15 is 0 Å². The molecule has 19 heavy (non-hydrogen) atoms. The maximum atomic E-state index is 5.96. The predicted molar refractivity (Wildman–Crippen MR) is 69.5 cm³/mol. The van der Waals surface area contributed by atoms with Crippen molar-refractivity contribution in [2.45, 2.75) is 12.0 Å². The van der Waals surface area contributed by atoms with E-state index in [-0.39, 0.29) is 5.60 Å². The van der Waals surface area contributed by atoms with Crippen LogP contribution in [0.2, 0.25) is 5.15 Å². The maximum absolute atomic E-state index is 5.96. The van der Waals surface area contributed by atoms with Crippen LogP contribution in [-0.4, -0.2) is 52.1 Å². The highest BCUT2D eigenvalue weighted by Crippen LogP contribution is 2.23. The number of hydrogen-bond donors (Lipinski definition) is 1. The molecule has 3 rings (SSSR count). The Morgan fingerprint density at radius 3 is 3.26 bits per heavy atom. The number of nitrogens with zero attached hydrogens (tertiary/aromatic N) is 4. The molecule has 1 N–H and O–H groups in total. The van der Waals surface area contributed by atoms with Gasteiger partial charge in [-0.3, -0.25) is 0 Å². The van der Waals surface area contributed by atoms with Gasteiger partial charge >= 0.3 is 0 Å². The van der Waals surface area contributed by atoms with E-state index in [0.29, 0.717) is 30.7 Å². The zero-order valence-electron chi connectivity index (χ0n) is 10.5. The van der Waals surface area contributed by atoms with Gasteiger partial charge in [-0.2, -0.15) is 19.6 Å². The molecule has 7 nitrogen and oxygen atoms in total. The Kier molecular flexibility index (Phi) is 3.26. The van der Waals surface area contributed by atoms with Gasteiger partial charge < -0.3 is 14.8 Å². The fourth-order valence-corrected chi connectivity index (χ4v) is 2.30. The largest absolute Gasteiger partial charge is 0.378 e. The first-order valence-corrected chi connectivity index (χ1v) is 6.33. The van der Waals surface area contributed by atoms with Gasteiger partial charge in [0.25, 0.3) is 5.78 Å². The first-order valence-electron chi connectivity index (χ1n) is 5.95. The average Bonchev–Trinajstić information content (AvgIpc) is 3.05. The first-order chi connectivity index (χ1) is 9.22. The lowest BCUT2D eigenvalue weighted by Gasteiger charge is -2.26. The summed E-state index contributed by atoms with van der Waals surface area (Å²) in [6, 6.07) is 1.71. The van der Waals surface area contributed by atoms with Gasteiger partial charge in [0, 0.05) is 32.7 Å². The quantitative estimate of drug-likeness (QED) is 0.844. The highest BCUT2D eigenvalue weighted by atomic mass is 35.5. The second-order valence-corrected chi connectivity index (χ2v) is 4.87. The highest BCUT2D eigenvalue weighted by molar-refractivity contribution is 6.29. The van der Waals surface area contributed by atoms with Crippen molar-refractivity contribution in [1.82, 2.24) is 19.6 Å². The van der Waals surface area contributed by atoms with Crippen molar-refractivity contribution in [3.05, 3.63) is 17.5 Å². The maximum Gasteiger partial charge on any atom is 0.255 e. The van der Waals surface area contributed by atoms with E-state index in [9.17, 15) is 0 Å². The molecule has 1 saturated heterocycles. The van der Waals surface area contributed by atoms with Gasteiger partial charge in [0.15, 0.2) is 0 Å². The van der Waals surface area contributed by atoms with Crippen LogP contribution in [-0.2, 0) is 9.47 Å². The van der Waals surface area contributed by atoms with E-state index in [0.717, 1.165) is 12.2 Å². The van der Waals surface area contributed by atoms with Gasteiger partial charge in [-0.25, -0.2) is 0 Å². The molecular weight excluding hydrogens is 270 g/mol. The van der Waals surface area contributed by atoms with Crippen LogP contribution in [0.25, 0.3) is 5.78 Å². The van der Waals surface area contributed by atoms with E-state index in [4.69, 9.17) is 21.1 Å². The lowest BCUT2D eigenvalue weighted by Crippen LogP contribution is -2.40. The molecule has 2 aromatic heterocycles. The Morgan fingerprint density at radius 1 is 1.63 bits per heavy atom. The number of halogens is 1. The summed E-state index contributed by atoms with van der Waals surface area (Å²) in [5, 5.41) is 7.76. The lowest BCUT2D eigenvalue weighted by atomic mass is 10.0. The molecule has 0 aliphatic carbocycles. The van der Waals surface area contributed by atoms with Crippen LogP contribution in [0.15, 0.2) is 12.4 Å². The molecule has 8 heteroatoms. The number of rotatable bonds is 4. The molecule has 3 heterocycles. The van der Waals surface area contributed by atoms with Crippen molar-refractivity contribution in [3.63, 3.8) is 0 Å². The Bertz CT molecular complexity index is 581. The molecule has 1 atom stereocenters. The van der Waals surface area contributed by atoms with Gasteiger partial charge in [0.1, 0.15) is 22.9 Å². The molecule has 1 aliphatic heterocycles. The van der Waals surface area contributed by atoms with Gasteiger partial charge in [-0.15, -0.1) is 0 Å². The third kappa shape index (κ3) is 2.36. The summed E-state index contributed by atoms with van der Waals surface area (Å²) in [6.45, 7) is 1.90. The van der Waals surface area contributed by atoms with Crippen molar-refractivity contribution in [3.8, 4) is 0 Å². The van der Waals surface area contributed by atoms with Crippen LogP contribution >= 0.6 is 11.6 Å². The average molecular weight is 284 g/mol. The molecule has 0 aromatic carbocycles. The van der Waals surface area contributed by atoms with E-state index in [1.165, 1.54) is 6.33 Å². The van der Waals surface area contributed by atoms with E-state index in [1.807, 2.05) is 0 Å².